The molecule has 4 bridgehead atoms. The van der Waals surface area contributed by atoms with Gasteiger partial charge in [-0.25, -0.2) is 0 Å². The number of carbonyl (C=O) groups excluding carboxylic acids is 1. The number of ether oxygens (including phenoxy) is 1. The second-order valence-corrected chi connectivity index (χ2v) is 9.69. The molecule has 5 aliphatic rings. The average molecular weight is 451 g/mol. The fraction of sp³-hybridized carbons (Fsp3) is 0.500. The number of hydrogen-bond acceptors (Lipinski definition) is 6. The third-order valence-corrected chi connectivity index (χ3v) is 7.94. The molecule has 2 aromatic rings. The van der Waals surface area contributed by atoms with Crippen LogP contribution in [-0.4, -0.2) is 57.3 Å². The lowest BCUT2D eigenvalue weighted by Gasteiger charge is -2.50. The van der Waals surface area contributed by atoms with Gasteiger partial charge in [0.15, 0.2) is 0 Å². The molecular formula is C26H30N2O5. The molecule has 1 aliphatic carbocycles. The van der Waals surface area contributed by atoms with E-state index >= 15 is 0 Å². The van der Waals surface area contributed by atoms with Crippen LogP contribution in [0.2, 0.25) is 0 Å². The van der Waals surface area contributed by atoms with Crippen molar-refractivity contribution in [1.29, 1.82) is 0 Å². The Morgan fingerprint density at radius 1 is 1.24 bits per heavy atom. The van der Waals surface area contributed by atoms with Crippen molar-refractivity contribution in [3.05, 3.63) is 54.7 Å². The van der Waals surface area contributed by atoms with Crippen LogP contribution in [0.15, 0.2) is 49.2 Å². The molecule has 174 valence electrons. The molecule has 1 aromatic heterocycles. The lowest BCUT2D eigenvalue weighted by Crippen LogP contribution is -2.54. The molecule has 0 amide bonds. The molecule has 7 heteroatoms. The smallest absolute Gasteiger partial charge is 0.310 e. The van der Waals surface area contributed by atoms with E-state index in [4.69, 9.17) is 9.84 Å². The standard InChI is InChI=1S/C19H22N2O.C7H8O4/c1-2-13-12-21-10-8-14(13)11-18(21)19(22)16-7-9-20-17-6-4-3-5-15(16)17;8-6(9)4-1-3-2-5(4)7(10)11-3/h2-7,9,13-14,18-19,22H,1,8,10-12H2;3-5H,1-2H2,(H,8,9). The van der Waals surface area contributed by atoms with E-state index < -0.39 is 18.0 Å². The van der Waals surface area contributed by atoms with E-state index in [2.05, 4.69) is 28.6 Å². The third-order valence-electron chi connectivity index (χ3n) is 7.94. The van der Waals surface area contributed by atoms with Crippen molar-refractivity contribution in [2.24, 2.45) is 23.7 Å². The van der Waals surface area contributed by atoms with Crippen LogP contribution in [0.1, 0.15) is 37.4 Å². The monoisotopic (exact) mass is 450 g/mol. The molecule has 1 saturated carbocycles. The summed E-state index contributed by atoms with van der Waals surface area (Å²) >= 11 is 0. The van der Waals surface area contributed by atoms with Crippen molar-refractivity contribution in [2.75, 3.05) is 13.1 Å². The zero-order valence-corrected chi connectivity index (χ0v) is 18.5. The summed E-state index contributed by atoms with van der Waals surface area (Å²) in [5.74, 6) is -0.775. The number of rotatable bonds is 4. The number of carboxylic acids is 1. The number of hydrogen-bond donors (Lipinski definition) is 2. The highest BCUT2D eigenvalue weighted by Crippen LogP contribution is 2.42. The van der Waals surface area contributed by atoms with Gasteiger partial charge in [0.05, 0.1) is 23.5 Å². The first-order valence-corrected chi connectivity index (χ1v) is 11.8. The number of benzene rings is 1. The van der Waals surface area contributed by atoms with Gasteiger partial charge >= 0.3 is 11.9 Å². The first-order valence-electron chi connectivity index (χ1n) is 11.8. The zero-order valence-electron chi connectivity index (χ0n) is 18.5. The number of piperidine rings is 3. The van der Waals surface area contributed by atoms with Gasteiger partial charge in [0.2, 0.25) is 0 Å². The number of esters is 1. The minimum atomic E-state index is -0.867. The van der Waals surface area contributed by atoms with Crippen LogP contribution in [0.5, 0.6) is 0 Å². The zero-order chi connectivity index (χ0) is 23.1. The van der Waals surface area contributed by atoms with E-state index in [9.17, 15) is 14.7 Å². The van der Waals surface area contributed by atoms with Gasteiger partial charge in [-0.2, -0.15) is 0 Å². The number of carboxylic acid groups (broad SMARTS) is 1. The largest absolute Gasteiger partial charge is 0.481 e. The fourth-order valence-electron chi connectivity index (χ4n) is 6.16. The Hall–Kier alpha value is -2.77. The predicted molar refractivity (Wildman–Crippen MR) is 122 cm³/mol. The number of para-hydroxylation sites is 1. The summed E-state index contributed by atoms with van der Waals surface area (Å²) in [6, 6.07) is 10.3. The number of aromatic nitrogens is 1. The van der Waals surface area contributed by atoms with Gasteiger partial charge in [-0.1, -0.05) is 24.3 Å². The summed E-state index contributed by atoms with van der Waals surface area (Å²) < 4.78 is 4.84. The van der Waals surface area contributed by atoms with Gasteiger partial charge in [-0.3, -0.25) is 19.5 Å². The normalized spacial score (nSPS) is 34.9. The minimum absolute atomic E-state index is 0.117. The van der Waals surface area contributed by atoms with Crippen LogP contribution in [0, 0.1) is 23.7 Å². The highest BCUT2D eigenvalue weighted by atomic mass is 16.6. The van der Waals surface area contributed by atoms with Crippen molar-refractivity contribution in [1.82, 2.24) is 9.88 Å². The Bertz CT molecular complexity index is 1070. The maximum absolute atomic E-state index is 11.0. The van der Waals surface area contributed by atoms with E-state index in [1.807, 2.05) is 30.5 Å². The SMILES string of the molecule is C=CC1CN2CCC1CC2C(O)c1ccnc2ccccc12.O=C(O)C1CC2CC1C(=O)O2. The Kier molecular flexibility index (Phi) is 5.93. The summed E-state index contributed by atoms with van der Waals surface area (Å²) in [6.45, 7) is 6.11. The lowest BCUT2D eigenvalue weighted by molar-refractivity contribution is -0.158. The number of aliphatic carboxylic acids is 1. The van der Waals surface area contributed by atoms with Crippen LogP contribution in [0.3, 0.4) is 0 Å². The van der Waals surface area contributed by atoms with E-state index in [1.165, 1.54) is 6.42 Å². The summed E-state index contributed by atoms with van der Waals surface area (Å²) in [5.41, 5.74) is 1.97. The molecule has 33 heavy (non-hydrogen) atoms. The summed E-state index contributed by atoms with van der Waals surface area (Å²) in [5, 5.41) is 20.7. The van der Waals surface area contributed by atoms with Gasteiger partial charge in [0.1, 0.15) is 6.10 Å². The Morgan fingerprint density at radius 2 is 2.06 bits per heavy atom. The molecule has 7 rings (SSSR count). The molecule has 5 fully saturated rings. The molecule has 5 heterocycles. The summed E-state index contributed by atoms with van der Waals surface area (Å²) in [7, 11) is 0. The number of fused-ring (bicyclic) bond motifs is 6. The fourth-order valence-corrected chi connectivity index (χ4v) is 6.16. The van der Waals surface area contributed by atoms with E-state index in [1.54, 1.807) is 0 Å². The molecular weight excluding hydrogens is 420 g/mol. The van der Waals surface area contributed by atoms with Crippen LogP contribution in [0.25, 0.3) is 10.9 Å². The lowest BCUT2D eigenvalue weighted by atomic mass is 9.73. The van der Waals surface area contributed by atoms with E-state index in [0.717, 1.165) is 36.0 Å². The van der Waals surface area contributed by atoms with Crippen LogP contribution < -0.4 is 0 Å². The topological polar surface area (TPSA) is 100.0 Å². The number of pyridine rings is 1. The molecule has 7 nitrogen and oxygen atoms in total. The highest BCUT2D eigenvalue weighted by molar-refractivity contribution is 5.84. The van der Waals surface area contributed by atoms with Crippen LogP contribution >= 0.6 is 0 Å². The van der Waals surface area contributed by atoms with Crippen molar-refractivity contribution >= 4 is 22.8 Å². The summed E-state index contributed by atoms with van der Waals surface area (Å²) in [4.78, 5) is 28.2. The molecule has 1 aromatic carbocycles. The van der Waals surface area contributed by atoms with Gasteiger partial charge in [0.25, 0.3) is 0 Å². The first kappa shape index (κ1) is 22.0. The Labute approximate surface area is 193 Å². The first-order chi connectivity index (χ1) is 16.0. The van der Waals surface area contributed by atoms with Gasteiger partial charge in [-0.15, -0.1) is 6.58 Å². The molecule has 2 N–H and O–H groups in total. The van der Waals surface area contributed by atoms with E-state index in [-0.39, 0.29) is 24.0 Å². The second kappa shape index (κ2) is 8.88. The molecule has 4 aliphatic heterocycles. The number of nitrogens with zero attached hydrogens (tertiary/aromatic N) is 2. The Balaban J connectivity index is 0.000000174. The predicted octanol–water partition coefficient (Wildman–Crippen LogP) is 3.19. The molecule has 8 atom stereocenters. The number of aliphatic hydroxyl groups excluding tert-OH is 1. The molecule has 0 spiro atoms. The van der Waals surface area contributed by atoms with Crippen molar-refractivity contribution in [2.45, 2.75) is 43.9 Å². The molecule has 0 radical (unpaired) electrons. The average Bonchev–Trinajstić information content (AvgIpc) is 3.44. The van der Waals surface area contributed by atoms with Gasteiger partial charge in [0, 0.05) is 24.2 Å². The second-order valence-electron chi connectivity index (χ2n) is 9.69. The quantitative estimate of drug-likeness (QED) is 0.545. The van der Waals surface area contributed by atoms with Gasteiger partial charge < -0.3 is 14.9 Å². The van der Waals surface area contributed by atoms with E-state index in [0.29, 0.717) is 24.7 Å². The molecule has 8 unspecified atom stereocenters. The maximum Gasteiger partial charge on any atom is 0.310 e. The van der Waals surface area contributed by atoms with Gasteiger partial charge in [-0.05, 0) is 61.8 Å². The number of aliphatic hydroxyl groups is 1. The van der Waals surface area contributed by atoms with Crippen molar-refractivity contribution in [3.8, 4) is 0 Å². The molecule has 4 saturated heterocycles. The van der Waals surface area contributed by atoms with Crippen molar-refractivity contribution in [3.63, 3.8) is 0 Å². The minimum Gasteiger partial charge on any atom is -0.481 e. The summed E-state index contributed by atoms with van der Waals surface area (Å²) in [6.07, 6.45) is 6.76. The van der Waals surface area contributed by atoms with Crippen molar-refractivity contribution < 1.29 is 24.5 Å². The Morgan fingerprint density at radius 3 is 2.70 bits per heavy atom. The third kappa shape index (κ3) is 4.04. The van der Waals surface area contributed by atoms with Crippen LogP contribution in [0.4, 0.5) is 0 Å². The number of carbonyl (C=O) groups is 2. The highest BCUT2D eigenvalue weighted by Gasteiger charge is 2.51. The van der Waals surface area contributed by atoms with Crippen LogP contribution in [-0.2, 0) is 14.3 Å². The maximum atomic E-state index is 11.0.